The van der Waals surface area contributed by atoms with Gasteiger partial charge >= 0.3 is 0 Å². The van der Waals surface area contributed by atoms with E-state index in [0.29, 0.717) is 18.3 Å². The fraction of sp³-hybridized carbons (Fsp3) is 1.00. The van der Waals surface area contributed by atoms with Crippen molar-refractivity contribution in [2.24, 2.45) is 0 Å². The summed E-state index contributed by atoms with van der Waals surface area (Å²) in [6, 6.07) is 0.796. The standard InChI is InChI=1S/C16H30N2O2/c1-2-18(11-15-4-3-9-19-15)12-16-8-7-14(20-16)10-17-13-5-6-13/h13-17H,2-12H2,1H3. The maximum absolute atomic E-state index is 6.19. The summed E-state index contributed by atoms with van der Waals surface area (Å²) in [6.07, 6.45) is 8.98. The van der Waals surface area contributed by atoms with Crippen LogP contribution in [0.3, 0.4) is 0 Å². The van der Waals surface area contributed by atoms with Crippen LogP contribution in [0.4, 0.5) is 0 Å². The van der Waals surface area contributed by atoms with Crippen LogP contribution in [0.15, 0.2) is 0 Å². The van der Waals surface area contributed by atoms with Crippen LogP contribution < -0.4 is 5.32 Å². The van der Waals surface area contributed by atoms with Crippen molar-refractivity contribution in [3.63, 3.8) is 0 Å². The molecule has 4 nitrogen and oxygen atoms in total. The molecule has 3 unspecified atom stereocenters. The van der Waals surface area contributed by atoms with Crippen molar-refractivity contribution in [1.82, 2.24) is 10.2 Å². The maximum atomic E-state index is 6.19. The molecule has 0 aromatic rings. The van der Waals surface area contributed by atoms with Gasteiger partial charge in [0, 0.05) is 32.3 Å². The number of nitrogens with one attached hydrogen (secondary N) is 1. The third kappa shape index (κ3) is 4.42. The summed E-state index contributed by atoms with van der Waals surface area (Å²) in [6.45, 7) is 7.52. The highest BCUT2D eigenvalue weighted by Crippen LogP contribution is 2.23. The lowest BCUT2D eigenvalue weighted by Gasteiger charge is -2.26. The Labute approximate surface area is 123 Å². The van der Waals surface area contributed by atoms with E-state index < -0.39 is 0 Å². The van der Waals surface area contributed by atoms with E-state index in [2.05, 4.69) is 17.1 Å². The molecule has 3 rings (SSSR count). The Hall–Kier alpha value is -0.160. The van der Waals surface area contributed by atoms with Gasteiger partial charge in [-0.15, -0.1) is 0 Å². The molecule has 3 aliphatic rings. The third-order valence-electron chi connectivity index (χ3n) is 4.80. The molecule has 3 atom stereocenters. The van der Waals surface area contributed by atoms with Gasteiger partial charge in [-0.05, 0) is 45.1 Å². The fourth-order valence-corrected chi connectivity index (χ4v) is 3.35. The van der Waals surface area contributed by atoms with Gasteiger partial charge < -0.3 is 14.8 Å². The summed E-state index contributed by atoms with van der Waals surface area (Å²) in [5, 5.41) is 3.59. The average Bonchev–Trinajstić information content (AvgIpc) is 2.96. The SMILES string of the molecule is CCN(CC1CCCO1)CC1CCC(CNC2CC2)O1. The second-order valence-electron chi connectivity index (χ2n) is 6.63. The first kappa shape index (κ1) is 14.8. The second-order valence-corrected chi connectivity index (χ2v) is 6.63. The summed E-state index contributed by atoms with van der Waals surface area (Å²) in [7, 11) is 0. The fourth-order valence-electron chi connectivity index (χ4n) is 3.35. The molecule has 2 heterocycles. The van der Waals surface area contributed by atoms with Gasteiger partial charge in [0.05, 0.1) is 18.3 Å². The minimum absolute atomic E-state index is 0.433. The molecule has 1 aliphatic carbocycles. The molecule has 2 aliphatic heterocycles. The van der Waals surface area contributed by atoms with Gasteiger partial charge in [0.2, 0.25) is 0 Å². The minimum atomic E-state index is 0.433. The van der Waals surface area contributed by atoms with Gasteiger partial charge in [-0.2, -0.15) is 0 Å². The quantitative estimate of drug-likeness (QED) is 0.736. The Morgan fingerprint density at radius 1 is 1.00 bits per heavy atom. The topological polar surface area (TPSA) is 33.7 Å². The zero-order chi connectivity index (χ0) is 13.8. The summed E-state index contributed by atoms with van der Waals surface area (Å²) in [5.41, 5.74) is 0. The van der Waals surface area contributed by atoms with Gasteiger partial charge in [0.25, 0.3) is 0 Å². The van der Waals surface area contributed by atoms with E-state index in [1.165, 1.54) is 38.5 Å². The number of nitrogens with zero attached hydrogens (tertiary/aromatic N) is 1. The first-order chi connectivity index (χ1) is 9.83. The predicted octanol–water partition coefficient (Wildman–Crippen LogP) is 1.79. The molecule has 20 heavy (non-hydrogen) atoms. The Morgan fingerprint density at radius 2 is 1.80 bits per heavy atom. The van der Waals surface area contributed by atoms with E-state index >= 15 is 0 Å². The molecule has 0 radical (unpaired) electrons. The van der Waals surface area contributed by atoms with Crippen LogP contribution in [0.5, 0.6) is 0 Å². The Morgan fingerprint density at radius 3 is 2.50 bits per heavy atom. The summed E-state index contributed by atoms with van der Waals surface area (Å²) < 4.78 is 11.9. The van der Waals surface area contributed by atoms with Gasteiger partial charge in [0.15, 0.2) is 0 Å². The average molecular weight is 282 g/mol. The smallest absolute Gasteiger partial charge is 0.0707 e. The van der Waals surface area contributed by atoms with E-state index in [-0.39, 0.29) is 0 Å². The van der Waals surface area contributed by atoms with Crippen molar-refractivity contribution in [2.45, 2.75) is 69.8 Å². The van der Waals surface area contributed by atoms with Gasteiger partial charge in [-0.25, -0.2) is 0 Å². The molecule has 4 heteroatoms. The van der Waals surface area contributed by atoms with E-state index in [9.17, 15) is 0 Å². The van der Waals surface area contributed by atoms with Crippen molar-refractivity contribution < 1.29 is 9.47 Å². The van der Waals surface area contributed by atoms with Crippen LogP contribution in [0.25, 0.3) is 0 Å². The number of hydrogen-bond acceptors (Lipinski definition) is 4. The molecular formula is C16H30N2O2. The van der Waals surface area contributed by atoms with Crippen LogP contribution in [-0.2, 0) is 9.47 Å². The van der Waals surface area contributed by atoms with Crippen LogP contribution in [-0.4, -0.2) is 62.0 Å². The van der Waals surface area contributed by atoms with Gasteiger partial charge in [0.1, 0.15) is 0 Å². The molecule has 0 spiro atoms. The van der Waals surface area contributed by atoms with Crippen LogP contribution in [0.2, 0.25) is 0 Å². The van der Waals surface area contributed by atoms with Crippen molar-refractivity contribution in [2.75, 3.05) is 32.8 Å². The lowest BCUT2D eigenvalue weighted by atomic mass is 10.1. The van der Waals surface area contributed by atoms with Crippen molar-refractivity contribution in [1.29, 1.82) is 0 Å². The minimum Gasteiger partial charge on any atom is -0.377 e. The van der Waals surface area contributed by atoms with Gasteiger partial charge in [-0.1, -0.05) is 6.92 Å². The third-order valence-corrected chi connectivity index (χ3v) is 4.80. The van der Waals surface area contributed by atoms with E-state index in [1.54, 1.807) is 0 Å². The number of hydrogen-bond donors (Lipinski definition) is 1. The molecule has 0 amide bonds. The van der Waals surface area contributed by atoms with Crippen molar-refractivity contribution >= 4 is 0 Å². The summed E-state index contributed by atoms with van der Waals surface area (Å²) >= 11 is 0. The Balaban J connectivity index is 1.35. The molecular weight excluding hydrogens is 252 g/mol. The number of ether oxygens (including phenoxy) is 2. The zero-order valence-electron chi connectivity index (χ0n) is 12.9. The zero-order valence-corrected chi connectivity index (χ0v) is 12.9. The summed E-state index contributed by atoms with van der Waals surface area (Å²) in [4.78, 5) is 2.51. The summed E-state index contributed by atoms with van der Waals surface area (Å²) in [5.74, 6) is 0. The van der Waals surface area contributed by atoms with E-state index in [0.717, 1.165) is 38.8 Å². The molecule has 0 aromatic heterocycles. The van der Waals surface area contributed by atoms with Crippen molar-refractivity contribution in [3.05, 3.63) is 0 Å². The Bertz CT molecular complexity index is 290. The molecule has 0 bridgehead atoms. The van der Waals surface area contributed by atoms with Crippen LogP contribution in [0, 0.1) is 0 Å². The van der Waals surface area contributed by atoms with Crippen LogP contribution >= 0.6 is 0 Å². The lowest BCUT2D eigenvalue weighted by molar-refractivity contribution is 0.0103. The van der Waals surface area contributed by atoms with Gasteiger partial charge in [-0.3, -0.25) is 4.90 Å². The second kappa shape index (κ2) is 7.21. The number of rotatable bonds is 8. The van der Waals surface area contributed by atoms with E-state index in [1.807, 2.05) is 0 Å². The van der Waals surface area contributed by atoms with Crippen LogP contribution in [0.1, 0.15) is 45.4 Å². The largest absolute Gasteiger partial charge is 0.377 e. The molecule has 1 N–H and O–H groups in total. The van der Waals surface area contributed by atoms with Crippen molar-refractivity contribution in [3.8, 4) is 0 Å². The first-order valence-electron chi connectivity index (χ1n) is 8.56. The highest BCUT2D eigenvalue weighted by Gasteiger charge is 2.29. The molecule has 2 saturated heterocycles. The normalized spacial score (nSPS) is 34.2. The highest BCUT2D eigenvalue weighted by atomic mass is 16.5. The maximum Gasteiger partial charge on any atom is 0.0707 e. The predicted molar refractivity (Wildman–Crippen MR) is 80.0 cm³/mol. The Kier molecular flexibility index (Phi) is 5.32. The molecule has 1 saturated carbocycles. The molecule has 3 fully saturated rings. The highest BCUT2D eigenvalue weighted by molar-refractivity contribution is 4.85. The molecule has 0 aromatic carbocycles. The number of likely N-dealkylation sites (N-methyl/N-ethyl adjacent to an activating group) is 1. The monoisotopic (exact) mass is 282 g/mol. The molecule has 116 valence electrons. The van der Waals surface area contributed by atoms with E-state index in [4.69, 9.17) is 9.47 Å². The first-order valence-corrected chi connectivity index (χ1v) is 8.56. The lowest BCUT2D eigenvalue weighted by Crippen LogP contribution is -2.38.